The molecule has 0 atom stereocenters. The number of carbonyl (C=O) groups is 1. The number of H-pyrrole nitrogens is 2. The van der Waals surface area contributed by atoms with Crippen molar-refractivity contribution in [3.63, 3.8) is 0 Å². The van der Waals surface area contributed by atoms with Gasteiger partial charge in [-0.2, -0.15) is 0 Å². The molecule has 1 amide bonds. The molecule has 3 heterocycles. The number of aromatic nitrogens is 3. The molecule has 0 saturated heterocycles. The van der Waals surface area contributed by atoms with Crippen LogP contribution in [0.5, 0.6) is 0 Å². The molecule has 4 rings (SSSR count). The van der Waals surface area contributed by atoms with Gasteiger partial charge in [0, 0.05) is 30.6 Å². The van der Waals surface area contributed by atoms with Crippen molar-refractivity contribution in [3.8, 4) is 0 Å². The number of amides is 1. The molecule has 132 valence electrons. The number of aromatic amines is 2. The van der Waals surface area contributed by atoms with E-state index in [4.69, 9.17) is 0 Å². The Balaban J connectivity index is 1.43. The Morgan fingerprint density at radius 1 is 1.27 bits per heavy atom. The lowest BCUT2D eigenvalue weighted by Gasteiger charge is -2.16. The van der Waals surface area contributed by atoms with Crippen LogP contribution in [0, 0.1) is 0 Å². The third-order valence-electron chi connectivity index (χ3n) is 4.46. The summed E-state index contributed by atoms with van der Waals surface area (Å²) in [4.78, 5) is 36.5. The molecule has 0 aliphatic carbocycles. The van der Waals surface area contributed by atoms with Gasteiger partial charge in [0.1, 0.15) is 10.5 Å². The van der Waals surface area contributed by atoms with Crippen molar-refractivity contribution >= 4 is 38.4 Å². The molecule has 3 aromatic heterocycles. The molecule has 0 fully saturated rings. The van der Waals surface area contributed by atoms with Crippen LogP contribution in [0.4, 0.5) is 0 Å². The maximum Gasteiger partial charge on any atom is 0.268 e. The van der Waals surface area contributed by atoms with Crippen molar-refractivity contribution in [2.75, 3.05) is 7.05 Å². The minimum Gasteiger partial charge on any atom is -0.361 e. The zero-order valence-electron chi connectivity index (χ0n) is 14.3. The van der Waals surface area contributed by atoms with Gasteiger partial charge in [0.15, 0.2) is 0 Å². The molecule has 0 bridgehead atoms. The SMILES string of the molecule is CN(Cc1nc2ccsc2c(=O)[nH]1)C(=O)CCc1c[nH]c2ccccc12. The number of para-hydroxylation sites is 1. The summed E-state index contributed by atoms with van der Waals surface area (Å²) in [6.45, 7) is 0.285. The minimum absolute atomic E-state index is 0.0170. The van der Waals surface area contributed by atoms with Crippen LogP contribution < -0.4 is 5.56 Å². The van der Waals surface area contributed by atoms with Crippen LogP contribution in [0.3, 0.4) is 0 Å². The lowest BCUT2D eigenvalue weighted by Crippen LogP contribution is -2.28. The second-order valence-electron chi connectivity index (χ2n) is 6.26. The average Bonchev–Trinajstić information content (AvgIpc) is 3.26. The first-order chi connectivity index (χ1) is 12.6. The van der Waals surface area contributed by atoms with Crippen LogP contribution in [-0.2, 0) is 17.8 Å². The van der Waals surface area contributed by atoms with Gasteiger partial charge in [0.05, 0.1) is 12.1 Å². The second kappa shape index (κ2) is 6.76. The molecule has 4 aromatic rings. The molecule has 2 N–H and O–H groups in total. The summed E-state index contributed by atoms with van der Waals surface area (Å²) in [5.74, 6) is 0.521. The maximum atomic E-state index is 12.5. The number of benzene rings is 1. The van der Waals surface area contributed by atoms with E-state index in [1.165, 1.54) is 11.3 Å². The first-order valence-corrected chi connectivity index (χ1v) is 9.25. The van der Waals surface area contributed by atoms with Crippen LogP contribution in [0.2, 0.25) is 0 Å². The Hall–Kier alpha value is -2.93. The fourth-order valence-corrected chi connectivity index (χ4v) is 3.81. The first-order valence-electron chi connectivity index (χ1n) is 8.37. The van der Waals surface area contributed by atoms with E-state index in [-0.39, 0.29) is 18.0 Å². The quantitative estimate of drug-likeness (QED) is 0.569. The van der Waals surface area contributed by atoms with Crippen LogP contribution in [0.15, 0.2) is 46.7 Å². The standard InChI is InChI=1S/C19H18N4O2S/c1-23(11-16-21-15-8-9-26-18(15)19(25)22-16)17(24)7-6-12-10-20-14-5-3-2-4-13(12)14/h2-5,8-10,20H,6-7,11H2,1H3,(H,21,22,25). The van der Waals surface area contributed by atoms with Crippen LogP contribution in [-0.4, -0.2) is 32.8 Å². The van der Waals surface area contributed by atoms with Gasteiger partial charge >= 0.3 is 0 Å². The molecule has 6 nitrogen and oxygen atoms in total. The Labute approximate surface area is 153 Å². The summed E-state index contributed by atoms with van der Waals surface area (Å²) in [6.07, 6.45) is 3.03. The minimum atomic E-state index is -0.153. The average molecular weight is 366 g/mol. The molecule has 0 saturated carbocycles. The molecule has 0 spiro atoms. The fraction of sp³-hybridized carbons (Fsp3) is 0.211. The van der Waals surface area contributed by atoms with Gasteiger partial charge in [-0.3, -0.25) is 9.59 Å². The number of fused-ring (bicyclic) bond motifs is 2. The number of aryl methyl sites for hydroxylation is 1. The smallest absolute Gasteiger partial charge is 0.268 e. The summed E-state index contributed by atoms with van der Waals surface area (Å²) < 4.78 is 0.613. The summed E-state index contributed by atoms with van der Waals surface area (Å²) in [5.41, 5.74) is 2.73. The lowest BCUT2D eigenvalue weighted by molar-refractivity contribution is -0.130. The van der Waals surface area contributed by atoms with Crippen molar-refractivity contribution in [3.05, 3.63) is 63.7 Å². The number of rotatable bonds is 5. The number of nitrogens with one attached hydrogen (secondary N) is 2. The van der Waals surface area contributed by atoms with Gasteiger partial charge in [-0.25, -0.2) is 4.98 Å². The molecule has 0 aliphatic rings. The highest BCUT2D eigenvalue weighted by atomic mass is 32.1. The Kier molecular flexibility index (Phi) is 4.30. The van der Waals surface area contributed by atoms with Crippen LogP contribution in [0.1, 0.15) is 17.8 Å². The summed E-state index contributed by atoms with van der Waals surface area (Å²) in [5, 5.41) is 2.99. The highest BCUT2D eigenvalue weighted by Gasteiger charge is 2.13. The van der Waals surface area contributed by atoms with Gasteiger partial charge in [-0.05, 0) is 29.5 Å². The van der Waals surface area contributed by atoms with Crippen molar-refractivity contribution in [1.29, 1.82) is 0 Å². The molecule has 7 heteroatoms. The summed E-state index contributed by atoms with van der Waals surface area (Å²) >= 11 is 1.37. The van der Waals surface area contributed by atoms with Crippen molar-refractivity contribution in [2.24, 2.45) is 0 Å². The third kappa shape index (κ3) is 3.13. The fourth-order valence-electron chi connectivity index (χ4n) is 3.08. The van der Waals surface area contributed by atoms with Crippen molar-refractivity contribution in [2.45, 2.75) is 19.4 Å². The van der Waals surface area contributed by atoms with Crippen molar-refractivity contribution < 1.29 is 4.79 Å². The Morgan fingerprint density at radius 3 is 3.00 bits per heavy atom. The number of nitrogens with zero attached hydrogens (tertiary/aromatic N) is 2. The largest absolute Gasteiger partial charge is 0.361 e. The summed E-state index contributed by atoms with van der Waals surface area (Å²) in [6, 6.07) is 9.88. The first kappa shape index (κ1) is 16.5. The van der Waals surface area contributed by atoms with E-state index in [9.17, 15) is 9.59 Å². The van der Waals surface area contributed by atoms with Gasteiger partial charge in [0.25, 0.3) is 5.56 Å². The van der Waals surface area contributed by atoms with Crippen molar-refractivity contribution in [1.82, 2.24) is 19.9 Å². The maximum absolute atomic E-state index is 12.5. The lowest BCUT2D eigenvalue weighted by atomic mass is 10.1. The van der Waals surface area contributed by atoms with Crippen LogP contribution in [0.25, 0.3) is 21.1 Å². The number of carbonyl (C=O) groups excluding carboxylic acids is 1. The zero-order chi connectivity index (χ0) is 18.1. The van der Waals surface area contributed by atoms with E-state index in [0.29, 0.717) is 28.9 Å². The molecule has 26 heavy (non-hydrogen) atoms. The zero-order valence-corrected chi connectivity index (χ0v) is 15.1. The van der Waals surface area contributed by atoms with E-state index < -0.39 is 0 Å². The molecule has 0 aliphatic heterocycles. The normalized spacial score (nSPS) is 11.3. The molecular weight excluding hydrogens is 348 g/mol. The predicted octanol–water partition coefficient (Wildman–Crippen LogP) is 3.06. The van der Waals surface area contributed by atoms with E-state index in [1.54, 1.807) is 11.9 Å². The van der Waals surface area contributed by atoms with E-state index in [2.05, 4.69) is 21.0 Å². The van der Waals surface area contributed by atoms with Gasteiger partial charge in [-0.15, -0.1) is 11.3 Å². The molecule has 0 unspecified atom stereocenters. The number of hydrogen-bond acceptors (Lipinski definition) is 4. The van der Waals surface area contributed by atoms with E-state index in [0.717, 1.165) is 16.5 Å². The molecule has 1 aromatic carbocycles. The van der Waals surface area contributed by atoms with Gasteiger partial charge in [-0.1, -0.05) is 18.2 Å². The van der Waals surface area contributed by atoms with Crippen LogP contribution >= 0.6 is 11.3 Å². The number of hydrogen-bond donors (Lipinski definition) is 2. The Bertz CT molecular complexity index is 1140. The molecule has 0 radical (unpaired) electrons. The topological polar surface area (TPSA) is 81.8 Å². The highest BCUT2D eigenvalue weighted by molar-refractivity contribution is 7.17. The monoisotopic (exact) mass is 366 g/mol. The molecular formula is C19H18N4O2S. The highest BCUT2D eigenvalue weighted by Crippen LogP contribution is 2.19. The van der Waals surface area contributed by atoms with E-state index >= 15 is 0 Å². The number of thiophene rings is 1. The van der Waals surface area contributed by atoms with Gasteiger partial charge in [0.2, 0.25) is 5.91 Å². The Morgan fingerprint density at radius 2 is 2.12 bits per heavy atom. The third-order valence-corrected chi connectivity index (χ3v) is 5.36. The second-order valence-corrected chi connectivity index (χ2v) is 7.17. The predicted molar refractivity (Wildman–Crippen MR) is 103 cm³/mol. The van der Waals surface area contributed by atoms with E-state index in [1.807, 2.05) is 35.8 Å². The van der Waals surface area contributed by atoms with Gasteiger partial charge < -0.3 is 14.9 Å². The summed E-state index contributed by atoms with van der Waals surface area (Å²) in [7, 11) is 1.73.